The van der Waals surface area contributed by atoms with Crippen LogP contribution in [0.15, 0.2) is 42.5 Å². The lowest BCUT2D eigenvalue weighted by Gasteiger charge is -2.18. The molecule has 0 unspecified atom stereocenters. The summed E-state index contributed by atoms with van der Waals surface area (Å²) in [6, 6.07) is 12.9. The maximum atomic E-state index is 12.4. The number of nitrogens with zero attached hydrogens (tertiary/aromatic N) is 1. The molecule has 2 N–H and O–H groups in total. The van der Waals surface area contributed by atoms with Gasteiger partial charge in [-0.05, 0) is 55.7 Å². The van der Waals surface area contributed by atoms with Gasteiger partial charge in [-0.3, -0.25) is 25.2 Å². The van der Waals surface area contributed by atoms with Crippen LogP contribution in [0.4, 0.5) is 5.69 Å². The van der Waals surface area contributed by atoms with Gasteiger partial charge in [0.1, 0.15) is 0 Å². The van der Waals surface area contributed by atoms with Crippen molar-refractivity contribution in [1.29, 1.82) is 0 Å². The number of aryl methyl sites for hydroxylation is 3. The number of carbonyl (C=O) groups is 3. The Balaban J connectivity index is 1.61. The van der Waals surface area contributed by atoms with Gasteiger partial charge in [0.15, 0.2) is 0 Å². The van der Waals surface area contributed by atoms with E-state index >= 15 is 0 Å². The minimum Gasteiger partial charge on any atom is -0.312 e. The van der Waals surface area contributed by atoms with Gasteiger partial charge in [-0.15, -0.1) is 0 Å². The Kier molecular flexibility index (Phi) is 5.26. The summed E-state index contributed by atoms with van der Waals surface area (Å²) in [7, 11) is 0. The van der Waals surface area contributed by atoms with Crippen molar-refractivity contribution in [1.82, 2.24) is 10.9 Å². The number of hydrogen-bond acceptors (Lipinski definition) is 3. The molecular formula is C21H23N3O3. The zero-order chi connectivity index (χ0) is 19.6. The van der Waals surface area contributed by atoms with Crippen molar-refractivity contribution in [3.63, 3.8) is 0 Å². The van der Waals surface area contributed by atoms with Crippen LogP contribution in [0.3, 0.4) is 0 Å². The van der Waals surface area contributed by atoms with Crippen molar-refractivity contribution in [2.75, 3.05) is 11.4 Å². The monoisotopic (exact) mass is 365 g/mol. The molecule has 1 saturated heterocycles. The summed E-state index contributed by atoms with van der Waals surface area (Å²) in [4.78, 5) is 38.6. The van der Waals surface area contributed by atoms with Crippen LogP contribution >= 0.6 is 0 Å². The van der Waals surface area contributed by atoms with Gasteiger partial charge in [-0.25, -0.2) is 0 Å². The number of amides is 3. The first kappa shape index (κ1) is 18.6. The number of nitrogens with one attached hydrogen (secondary N) is 2. The second-order valence-electron chi connectivity index (χ2n) is 6.93. The molecular weight excluding hydrogens is 342 g/mol. The lowest BCUT2D eigenvalue weighted by atomic mass is 10.1. The topological polar surface area (TPSA) is 78.5 Å². The van der Waals surface area contributed by atoms with Gasteiger partial charge in [-0.2, -0.15) is 0 Å². The van der Waals surface area contributed by atoms with E-state index in [-0.39, 0.29) is 24.1 Å². The molecule has 2 aromatic carbocycles. The molecule has 1 fully saturated rings. The van der Waals surface area contributed by atoms with E-state index in [1.807, 2.05) is 51.1 Å². The van der Waals surface area contributed by atoms with Crippen LogP contribution in [-0.4, -0.2) is 24.3 Å². The molecule has 1 atom stereocenters. The molecule has 6 nitrogen and oxygen atoms in total. The summed E-state index contributed by atoms with van der Waals surface area (Å²) >= 11 is 0. The Bertz CT molecular complexity index is 907. The Morgan fingerprint density at radius 1 is 0.963 bits per heavy atom. The maximum Gasteiger partial charge on any atom is 0.269 e. The minimum atomic E-state index is -0.503. The first-order chi connectivity index (χ1) is 12.9. The van der Waals surface area contributed by atoms with Crippen LogP contribution < -0.4 is 15.8 Å². The third kappa shape index (κ3) is 4.00. The number of hydrogen-bond donors (Lipinski definition) is 2. The predicted molar refractivity (Wildman–Crippen MR) is 103 cm³/mol. The molecule has 0 aromatic heterocycles. The third-order valence-corrected chi connectivity index (χ3v) is 4.99. The molecule has 0 saturated carbocycles. The van der Waals surface area contributed by atoms with Crippen LogP contribution in [0.1, 0.15) is 33.5 Å². The fourth-order valence-electron chi connectivity index (χ4n) is 3.14. The van der Waals surface area contributed by atoms with Crippen LogP contribution in [0.5, 0.6) is 0 Å². The second kappa shape index (κ2) is 7.61. The van der Waals surface area contributed by atoms with E-state index in [2.05, 4.69) is 10.9 Å². The Labute approximate surface area is 158 Å². The Hall–Kier alpha value is -3.15. The molecule has 3 amide bonds. The summed E-state index contributed by atoms with van der Waals surface area (Å²) in [6.45, 7) is 6.13. The van der Waals surface area contributed by atoms with Crippen molar-refractivity contribution in [2.45, 2.75) is 27.2 Å². The largest absolute Gasteiger partial charge is 0.312 e. The SMILES string of the molecule is Cc1ccc(N2C[C@H](C(=O)NNC(=O)c3ccccc3C)CC2=O)cc1C. The Morgan fingerprint density at radius 3 is 2.41 bits per heavy atom. The number of rotatable bonds is 3. The highest BCUT2D eigenvalue weighted by Crippen LogP contribution is 2.26. The maximum absolute atomic E-state index is 12.4. The highest BCUT2D eigenvalue weighted by atomic mass is 16.2. The van der Waals surface area contributed by atoms with E-state index in [0.717, 1.165) is 22.4 Å². The van der Waals surface area contributed by atoms with Gasteiger partial charge >= 0.3 is 0 Å². The van der Waals surface area contributed by atoms with E-state index in [1.54, 1.807) is 17.0 Å². The quantitative estimate of drug-likeness (QED) is 0.820. The third-order valence-electron chi connectivity index (χ3n) is 4.99. The summed E-state index contributed by atoms with van der Waals surface area (Å²) in [6.07, 6.45) is 0.124. The predicted octanol–water partition coefficient (Wildman–Crippen LogP) is 2.43. The standard InChI is InChI=1S/C21H23N3O3/c1-13-8-9-17(10-15(13)3)24-12-16(11-19(24)25)20(26)22-23-21(27)18-7-5-4-6-14(18)2/h4-10,16H,11-12H2,1-3H3,(H,22,26)(H,23,27)/t16-/m1/s1. The zero-order valence-electron chi connectivity index (χ0n) is 15.7. The van der Waals surface area contributed by atoms with E-state index in [1.165, 1.54) is 0 Å². The van der Waals surface area contributed by atoms with E-state index in [9.17, 15) is 14.4 Å². The van der Waals surface area contributed by atoms with Gasteiger partial charge in [0, 0.05) is 24.2 Å². The smallest absolute Gasteiger partial charge is 0.269 e. The first-order valence-corrected chi connectivity index (χ1v) is 8.90. The molecule has 1 heterocycles. The summed E-state index contributed by atoms with van der Waals surface area (Å²) in [5, 5.41) is 0. The van der Waals surface area contributed by atoms with Crippen molar-refractivity contribution in [3.05, 3.63) is 64.7 Å². The van der Waals surface area contributed by atoms with Crippen LogP contribution in [0, 0.1) is 26.7 Å². The number of anilines is 1. The lowest BCUT2D eigenvalue weighted by molar-refractivity contribution is -0.126. The van der Waals surface area contributed by atoms with Crippen LogP contribution in [-0.2, 0) is 9.59 Å². The molecule has 0 spiro atoms. The molecule has 27 heavy (non-hydrogen) atoms. The number of benzene rings is 2. The molecule has 0 aliphatic carbocycles. The molecule has 0 radical (unpaired) electrons. The average molecular weight is 365 g/mol. The fourth-order valence-corrected chi connectivity index (χ4v) is 3.14. The molecule has 3 rings (SSSR count). The van der Waals surface area contributed by atoms with Gasteiger partial charge < -0.3 is 4.90 Å². The second-order valence-corrected chi connectivity index (χ2v) is 6.93. The van der Waals surface area contributed by atoms with Crippen molar-refractivity contribution < 1.29 is 14.4 Å². The van der Waals surface area contributed by atoms with Crippen molar-refractivity contribution in [3.8, 4) is 0 Å². The molecule has 2 aromatic rings. The van der Waals surface area contributed by atoms with Crippen LogP contribution in [0.25, 0.3) is 0 Å². The molecule has 1 aliphatic rings. The summed E-state index contributed by atoms with van der Waals surface area (Å²) in [5.41, 5.74) is 9.24. The lowest BCUT2D eigenvalue weighted by Crippen LogP contribution is -2.45. The number of carbonyl (C=O) groups excluding carboxylic acids is 3. The normalized spacial score (nSPS) is 16.3. The summed E-state index contributed by atoms with van der Waals surface area (Å²) in [5.74, 6) is -1.34. The first-order valence-electron chi connectivity index (χ1n) is 8.90. The van der Waals surface area contributed by atoms with Gasteiger partial charge in [0.25, 0.3) is 5.91 Å². The van der Waals surface area contributed by atoms with Crippen LogP contribution in [0.2, 0.25) is 0 Å². The van der Waals surface area contributed by atoms with Crippen molar-refractivity contribution in [2.24, 2.45) is 5.92 Å². The average Bonchev–Trinajstić information content (AvgIpc) is 3.04. The van der Waals surface area contributed by atoms with Gasteiger partial charge in [-0.1, -0.05) is 24.3 Å². The van der Waals surface area contributed by atoms with E-state index in [4.69, 9.17) is 0 Å². The number of hydrazine groups is 1. The van der Waals surface area contributed by atoms with Crippen molar-refractivity contribution >= 4 is 23.4 Å². The van der Waals surface area contributed by atoms with E-state index < -0.39 is 5.92 Å². The Morgan fingerprint density at radius 2 is 1.70 bits per heavy atom. The van der Waals surface area contributed by atoms with Gasteiger partial charge in [0.2, 0.25) is 11.8 Å². The fraction of sp³-hybridized carbons (Fsp3) is 0.286. The molecule has 140 valence electrons. The highest BCUT2D eigenvalue weighted by Gasteiger charge is 2.35. The highest BCUT2D eigenvalue weighted by molar-refractivity contribution is 6.01. The van der Waals surface area contributed by atoms with E-state index in [0.29, 0.717) is 12.1 Å². The minimum absolute atomic E-state index is 0.0939. The van der Waals surface area contributed by atoms with Gasteiger partial charge in [0.05, 0.1) is 5.92 Å². The molecule has 6 heteroatoms. The summed E-state index contributed by atoms with van der Waals surface area (Å²) < 4.78 is 0. The molecule has 1 aliphatic heterocycles. The zero-order valence-corrected chi connectivity index (χ0v) is 15.7. The molecule has 0 bridgehead atoms.